The van der Waals surface area contributed by atoms with E-state index in [1.807, 2.05) is 0 Å². The highest BCUT2D eigenvalue weighted by Crippen LogP contribution is 2.24. The van der Waals surface area contributed by atoms with Gasteiger partial charge in [0.15, 0.2) is 0 Å². The van der Waals surface area contributed by atoms with Crippen LogP contribution in [0.5, 0.6) is 0 Å². The topological polar surface area (TPSA) is 67.6 Å². The number of nitrogens with one attached hydrogen (secondary N) is 1. The summed E-state index contributed by atoms with van der Waals surface area (Å²) >= 11 is 5.77. The standard InChI is InChI=1S/C13H18ClN3O3/c14-12-2-1-11(9-13(12)17(18)19)10-15-3-4-16-5-7-20-8-6-16/h1-2,9,15H,3-8,10H2. The molecule has 0 aromatic heterocycles. The van der Waals surface area contributed by atoms with Crippen LogP contribution >= 0.6 is 11.6 Å². The summed E-state index contributed by atoms with van der Waals surface area (Å²) < 4.78 is 5.28. The quantitative estimate of drug-likeness (QED) is 0.492. The van der Waals surface area contributed by atoms with Crippen molar-refractivity contribution in [3.05, 3.63) is 38.9 Å². The Morgan fingerprint density at radius 3 is 2.85 bits per heavy atom. The zero-order valence-electron chi connectivity index (χ0n) is 11.2. The van der Waals surface area contributed by atoms with Crippen molar-refractivity contribution in [2.24, 2.45) is 0 Å². The molecule has 1 fully saturated rings. The van der Waals surface area contributed by atoms with Crippen LogP contribution in [0, 0.1) is 10.1 Å². The summed E-state index contributed by atoms with van der Waals surface area (Å²) in [6.45, 7) is 5.92. The van der Waals surface area contributed by atoms with Gasteiger partial charge in [-0.25, -0.2) is 0 Å². The summed E-state index contributed by atoms with van der Waals surface area (Å²) in [5.41, 5.74) is 0.822. The first kappa shape index (κ1) is 15.2. The Kier molecular flexibility index (Phi) is 5.72. The highest BCUT2D eigenvalue weighted by Gasteiger charge is 2.13. The Balaban J connectivity index is 1.76. The Morgan fingerprint density at radius 1 is 1.40 bits per heavy atom. The van der Waals surface area contributed by atoms with Crippen LogP contribution in [0.1, 0.15) is 5.56 Å². The molecule has 0 aliphatic carbocycles. The lowest BCUT2D eigenvalue weighted by Gasteiger charge is -2.26. The number of morpholine rings is 1. The lowest BCUT2D eigenvalue weighted by atomic mass is 10.2. The van der Waals surface area contributed by atoms with Crippen LogP contribution in [0.25, 0.3) is 0 Å². The van der Waals surface area contributed by atoms with Crippen LogP contribution in [0.15, 0.2) is 18.2 Å². The van der Waals surface area contributed by atoms with Gasteiger partial charge in [-0.05, 0) is 11.6 Å². The molecule has 1 saturated heterocycles. The van der Waals surface area contributed by atoms with E-state index in [2.05, 4.69) is 10.2 Å². The minimum atomic E-state index is -0.459. The van der Waals surface area contributed by atoms with Crippen molar-refractivity contribution >= 4 is 17.3 Å². The SMILES string of the molecule is O=[N+]([O-])c1cc(CNCCN2CCOCC2)ccc1Cl. The molecule has 0 saturated carbocycles. The Hall–Kier alpha value is -1.21. The predicted molar refractivity (Wildman–Crippen MR) is 77.1 cm³/mol. The van der Waals surface area contributed by atoms with Crippen molar-refractivity contribution in [2.45, 2.75) is 6.54 Å². The molecule has 1 aliphatic heterocycles. The molecule has 2 rings (SSSR count). The van der Waals surface area contributed by atoms with E-state index in [1.165, 1.54) is 6.07 Å². The molecule has 20 heavy (non-hydrogen) atoms. The molecule has 0 atom stereocenters. The maximum atomic E-state index is 10.8. The van der Waals surface area contributed by atoms with Gasteiger partial charge in [-0.3, -0.25) is 15.0 Å². The Morgan fingerprint density at radius 2 is 2.15 bits per heavy atom. The van der Waals surface area contributed by atoms with Crippen molar-refractivity contribution in [3.63, 3.8) is 0 Å². The number of benzene rings is 1. The fraction of sp³-hybridized carbons (Fsp3) is 0.538. The molecule has 1 aliphatic rings. The second kappa shape index (κ2) is 7.54. The molecule has 1 aromatic carbocycles. The van der Waals surface area contributed by atoms with Crippen LogP contribution in [0.2, 0.25) is 5.02 Å². The van der Waals surface area contributed by atoms with Crippen molar-refractivity contribution in [1.82, 2.24) is 10.2 Å². The van der Waals surface area contributed by atoms with E-state index in [1.54, 1.807) is 12.1 Å². The van der Waals surface area contributed by atoms with Gasteiger partial charge in [0.05, 0.1) is 18.1 Å². The van der Waals surface area contributed by atoms with Crippen molar-refractivity contribution in [2.75, 3.05) is 39.4 Å². The molecule has 1 N–H and O–H groups in total. The maximum Gasteiger partial charge on any atom is 0.288 e. The average molecular weight is 300 g/mol. The van der Waals surface area contributed by atoms with E-state index in [4.69, 9.17) is 16.3 Å². The lowest BCUT2D eigenvalue weighted by Crippen LogP contribution is -2.40. The minimum absolute atomic E-state index is 0.0425. The summed E-state index contributed by atoms with van der Waals surface area (Å²) in [5, 5.41) is 14.3. The summed E-state index contributed by atoms with van der Waals surface area (Å²) in [5.74, 6) is 0. The highest BCUT2D eigenvalue weighted by atomic mass is 35.5. The number of ether oxygens (including phenoxy) is 1. The fourth-order valence-corrected chi connectivity index (χ4v) is 2.29. The van der Waals surface area contributed by atoms with Gasteiger partial charge in [0.2, 0.25) is 0 Å². The van der Waals surface area contributed by atoms with E-state index in [9.17, 15) is 10.1 Å². The third-order valence-corrected chi connectivity index (χ3v) is 3.56. The van der Waals surface area contributed by atoms with Gasteiger partial charge in [0, 0.05) is 38.8 Å². The molecule has 0 amide bonds. The van der Waals surface area contributed by atoms with Crippen LogP contribution in [-0.4, -0.2) is 49.2 Å². The van der Waals surface area contributed by atoms with Crippen LogP contribution in [-0.2, 0) is 11.3 Å². The van der Waals surface area contributed by atoms with E-state index >= 15 is 0 Å². The summed E-state index contributed by atoms with van der Waals surface area (Å²) in [6, 6.07) is 4.89. The van der Waals surface area contributed by atoms with Crippen LogP contribution in [0.3, 0.4) is 0 Å². The van der Waals surface area contributed by atoms with Gasteiger partial charge in [-0.2, -0.15) is 0 Å². The highest BCUT2D eigenvalue weighted by molar-refractivity contribution is 6.32. The average Bonchev–Trinajstić information content (AvgIpc) is 2.46. The molecule has 0 spiro atoms. The van der Waals surface area contributed by atoms with Crippen molar-refractivity contribution in [1.29, 1.82) is 0 Å². The van der Waals surface area contributed by atoms with Crippen LogP contribution < -0.4 is 5.32 Å². The first-order valence-corrected chi connectivity index (χ1v) is 6.98. The van der Waals surface area contributed by atoms with E-state index in [-0.39, 0.29) is 10.7 Å². The van der Waals surface area contributed by atoms with Gasteiger partial charge in [-0.1, -0.05) is 17.7 Å². The van der Waals surface area contributed by atoms with E-state index < -0.39 is 4.92 Å². The molecular weight excluding hydrogens is 282 g/mol. The molecule has 0 radical (unpaired) electrons. The first-order chi connectivity index (χ1) is 9.66. The first-order valence-electron chi connectivity index (χ1n) is 6.60. The molecule has 0 bridgehead atoms. The van der Waals surface area contributed by atoms with Gasteiger partial charge in [0.1, 0.15) is 5.02 Å². The lowest BCUT2D eigenvalue weighted by molar-refractivity contribution is -0.384. The zero-order valence-corrected chi connectivity index (χ0v) is 11.9. The Labute approximate surface area is 122 Å². The molecule has 6 nitrogen and oxygen atoms in total. The number of nitro benzene ring substituents is 1. The third kappa shape index (κ3) is 4.42. The largest absolute Gasteiger partial charge is 0.379 e. The fourth-order valence-electron chi connectivity index (χ4n) is 2.10. The second-order valence-corrected chi connectivity index (χ2v) is 5.08. The molecule has 7 heteroatoms. The van der Waals surface area contributed by atoms with Crippen LogP contribution in [0.4, 0.5) is 5.69 Å². The monoisotopic (exact) mass is 299 g/mol. The number of nitro groups is 1. The Bertz CT molecular complexity index is 464. The number of hydrogen-bond acceptors (Lipinski definition) is 5. The minimum Gasteiger partial charge on any atom is -0.379 e. The van der Waals surface area contributed by atoms with Gasteiger partial charge >= 0.3 is 0 Å². The number of halogens is 1. The molecule has 110 valence electrons. The smallest absolute Gasteiger partial charge is 0.288 e. The number of nitrogens with zero attached hydrogens (tertiary/aromatic N) is 2. The van der Waals surface area contributed by atoms with Crippen molar-refractivity contribution in [3.8, 4) is 0 Å². The molecule has 0 unspecified atom stereocenters. The third-order valence-electron chi connectivity index (χ3n) is 3.24. The van der Waals surface area contributed by atoms with Gasteiger partial charge < -0.3 is 10.1 Å². The van der Waals surface area contributed by atoms with E-state index in [0.717, 1.165) is 45.0 Å². The van der Waals surface area contributed by atoms with E-state index in [0.29, 0.717) is 6.54 Å². The van der Waals surface area contributed by atoms with Crippen molar-refractivity contribution < 1.29 is 9.66 Å². The molecular formula is C13H18ClN3O3. The normalized spacial score (nSPS) is 16.2. The maximum absolute atomic E-state index is 10.8. The number of hydrogen-bond donors (Lipinski definition) is 1. The van der Waals surface area contributed by atoms with Gasteiger partial charge in [-0.15, -0.1) is 0 Å². The summed E-state index contributed by atoms with van der Waals surface area (Å²) in [7, 11) is 0. The molecule has 1 aromatic rings. The summed E-state index contributed by atoms with van der Waals surface area (Å²) in [6.07, 6.45) is 0. The van der Waals surface area contributed by atoms with Gasteiger partial charge in [0.25, 0.3) is 5.69 Å². The second-order valence-electron chi connectivity index (χ2n) is 4.67. The summed E-state index contributed by atoms with van der Waals surface area (Å²) in [4.78, 5) is 12.7. The molecule has 1 heterocycles. The number of rotatable bonds is 6. The predicted octanol–water partition coefficient (Wildman–Crippen LogP) is 1.67. The zero-order chi connectivity index (χ0) is 14.4.